The van der Waals surface area contributed by atoms with Crippen molar-refractivity contribution in [1.82, 2.24) is 35.4 Å². The van der Waals surface area contributed by atoms with Gasteiger partial charge in [0.1, 0.15) is 29.9 Å². The van der Waals surface area contributed by atoms with E-state index < -0.39 is 35.1 Å². The molecule has 4 aromatic carbocycles. The predicted molar refractivity (Wildman–Crippen MR) is 270 cm³/mol. The summed E-state index contributed by atoms with van der Waals surface area (Å²) >= 11 is 0. The zero-order valence-electron chi connectivity index (χ0n) is 41.7. The quantitative estimate of drug-likeness (QED) is 0.0857. The number of carbonyl (C=O) groups is 4. The smallest absolute Gasteiger partial charge is 0.407 e. The van der Waals surface area contributed by atoms with Crippen LogP contribution in [0.3, 0.4) is 0 Å². The van der Waals surface area contributed by atoms with E-state index in [-0.39, 0.29) is 41.9 Å². The predicted octanol–water partition coefficient (Wildman–Crippen LogP) is 10.2. The summed E-state index contributed by atoms with van der Waals surface area (Å²) in [6.07, 6.45) is 4.74. The first kappa shape index (κ1) is 49.1. The van der Waals surface area contributed by atoms with Crippen LogP contribution in [-0.2, 0) is 20.9 Å². The van der Waals surface area contributed by atoms with Gasteiger partial charge in [-0.2, -0.15) is 5.01 Å². The standard InChI is InChI=1S/C55H66FN9O6/c1-54(2,3)47(59-52(68)69)51(67)63-30-10-14-46(63)64-32-40-39(11-8-12-41(40)61-64)33-15-19-35(20-16-33)43-27-28-44(65(43)38-25-23-37(56)24-26-38)36-21-17-34(18-22-36)42-31-57-49(58-42)45-13-9-29-62(45)50(66)48(55(4,5)6)60-53(70)71-7/h8,11-12,15-26,31,43-48,59,61H,9-10,13-14,27-30,32H2,1-7H3,(H,57,58)(H,60,70)(H,68,69)/t43-,44-,45-,46-,47+,48+/m0/s1. The molecule has 4 aliphatic heterocycles. The van der Waals surface area contributed by atoms with Crippen LogP contribution in [0.25, 0.3) is 22.4 Å². The molecule has 0 saturated carbocycles. The minimum atomic E-state index is -1.21. The number of H-pyrrole nitrogens is 1. The van der Waals surface area contributed by atoms with Crippen molar-refractivity contribution in [2.24, 2.45) is 10.8 Å². The number of carbonyl (C=O) groups excluding carboxylic acids is 3. The van der Waals surface area contributed by atoms with Crippen LogP contribution >= 0.6 is 0 Å². The Kier molecular flexibility index (Phi) is 13.6. The van der Waals surface area contributed by atoms with Crippen molar-refractivity contribution < 1.29 is 33.4 Å². The third-order valence-electron chi connectivity index (χ3n) is 14.7. The second-order valence-electron chi connectivity index (χ2n) is 21.5. The summed E-state index contributed by atoms with van der Waals surface area (Å²) in [7, 11) is 1.29. The number of likely N-dealkylation sites (tertiary alicyclic amines) is 2. The van der Waals surface area contributed by atoms with Crippen LogP contribution in [0.15, 0.2) is 97.2 Å². The summed E-state index contributed by atoms with van der Waals surface area (Å²) in [5.41, 5.74) is 11.7. The number of hydrogen-bond donors (Lipinski definition) is 5. The van der Waals surface area contributed by atoms with Crippen molar-refractivity contribution in [3.63, 3.8) is 0 Å². The highest BCUT2D eigenvalue weighted by Gasteiger charge is 2.44. The Labute approximate surface area is 415 Å². The van der Waals surface area contributed by atoms with Crippen LogP contribution in [0.2, 0.25) is 0 Å². The number of aromatic amines is 1. The number of hydrogen-bond acceptors (Lipinski definition) is 9. The third kappa shape index (κ3) is 10.0. The minimum absolute atomic E-state index is 0.0245. The molecule has 71 heavy (non-hydrogen) atoms. The van der Waals surface area contributed by atoms with E-state index in [2.05, 4.69) is 91.6 Å². The number of hydrazine groups is 1. The fraction of sp³-hybridized carbons (Fsp3) is 0.436. The van der Waals surface area contributed by atoms with Crippen molar-refractivity contribution in [3.8, 4) is 22.4 Å². The fourth-order valence-corrected chi connectivity index (χ4v) is 11.1. The van der Waals surface area contributed by atoms with Crippen LogP contribution in [0.1, 0.15) is 121 Å². The molecule has 3 fully saturated rings. The lowest BCUT2D eigenvalue weighted by Gasteiger charge is -2.37. The van der Waals surface area contributed by atoms with E-state index in [9.17, 15) is 28.7 Å². The van der Waals surface area contributed by atoms with Gasteiger partial charge in [0, 0.05) is 42.6 Å². The Balaban J connectivity index is 0.912. The number of fused-ring (bicyclic) bond motifs is 1. The number of alkyl carbamates (subject to hydrolysis) is 1. The second-order valence-corrected chi connectivity index (χ2v) is 21.5. The van der Waals surface area contributed by atoms with Gasteiger partial charge in [-0.1, -0.05) is 102 Å². The molecule has 5 heterocycles. The second kappa shape index (κ2) is 19.7. The number of amides is 4. The van der Waals surface area contributed by atoms with Crippen molar-refractivity contribution >= 4 is 35.4 Å². The topological polar surface area (TPSA) is 175 Å². The van der Waals surface area contributed by atoms with Gasteiger partial charge < -0.3 is 45.6 Å². The minimum Gasteiger partial charge on any atom is -0.465 e. The number of ether oxygens (including phenoxy) is 1. The number of benzene rings is 4. The molecule has 9 rings (SSSR count). The van der Waals surface area contributed by atoms with Gasteiger partial charge in [-0.3, -0.25) is 9.59 Å². The molecular weight excluding hydrogens is 902 g/mol. The average molecular weight is 968 g/mol. The molecule has 5 N–H and O–H groups in total. The molecule has 16 heteroatoms. The molecule has 6 atom stereocenters. The summed E-state index contributed by atoms with van der Waals surface area (Å²) in [6.45, 7) is 13.1. The van der Waals surface area contributed by atoms with Crippen molar-refractivity contribution in [3.05, 3.63) is 126 Å². The summed E-state index contributed by atoms with van der Waals surface area (Å²) < 4.78 is 19.2. The molecule has 4 aliphatic rings. The van der Waals surface area contributed by atoms with Crippen LogP contribution in [0, 0.1) is 16.6 Å². The lowest BCUT2D eigenvalue weighted by molar-refractivity contribution is -0.140. The highest BCUT2D eigenvalue weighted by Crippen LogP contribution is 2.48. The van der Waals surface area contributed by atoms with Gasteiger partial charge >= 0.3 is 12.2 Å². The number of aromatic nitrogens is 2. The van der Waals surface area contributed by atoms with E-state index in [0.29, 0.717) is 25.5 Å². The maximum Gasteiger partial charge on any atom is 0.407 e. The van der Waals surface area contributed by atoms with Gasteiger partial charge in [0.25, 0.3) is 0 Å². The molecule has 0 radical (unpaired) electrons. The van der Waals surface area contributed by atoms with Crippen LogP contribution in [0.4, 0.5) is 25.4 Å². The molecule has 374 valence electrons. The third-order valence-corrected chi connectivity index (χ3v) is 14.7. The van der Waals surface area contributed by atoms with E-state index in [4.69, 9.17) is 9.72 Å². The fourth-order valence-electron chi connectivity index (χ4n) is 11.1. The molecule has 15 nitrogen and oxygen atoms in total. The number of anilines is 2. The number of methoxy groups -OCH3 is 1. The highest BCUT2D eigenvalue weighted by molar-refractivity contribution is 5.88. The van der Waals surface area contributed by atoms with Crippen LogP contribution in [-0.4, -0.2) is 92.3 Å². The number of nitrogens with zero attached hydrogens (tertiary/aromatic N) is 5. The van der Waals surface area contributed by atoms with Crippen molar-refractivity contribution in [1.29, 1.82) is 0 Å². The van der Waals surface area contributed by atoms with E-state index in [0.717, 1.165) is 89.0 Å². The number of halogens is 1. The molecule has 0 bridgehead atoms. The Morgan fingerprint density at radius 1 is 0.732 bits per heavy atom. The van der Waals surface area contributed by atoms with E-state index in [1.807, 2.05) is 75.7 Å². The molecule has 1 aromatic heterocycles. The normalized spacial score (nSPS) is 21.2. The summed E-state index contributed by atoms with van der Waals surface area (Å²) in [6, 6.07) is 28.4. The monoisotopic (exact) mass is 968 g/mol. The lowest BCUT2D eigenvalue weighted by atomic mass is 9.85. The lowest BCUT2D eigenvalue weighted by Crippen LogP contribution is -2.58. The highest BCUT2D eigenvalue weighted by atomic mass is 19.1. The number of nitrogens with one attached hydrogen (secondary N) is 4. The van der Waals surface area contributed by atoms with Gasteiger partial charge in [0.2, 0.25) is 11.8 Å². The first-order valence-corrected chi connectivity index (χ1v) is 24.8. The molecule has 0 unspecified atom stereocenters. The maximum absolute atomic E-state index is 14.4. The van der Waals surface area contributed by atoms with Gasteiger partial charge in [0.15, 0.2) is 0 Å². The molecule has 5 aromatic rings. The Hall–Kier alpha value is -6.94. The summed E-state index contributed by atoms with van der Waals surface area (Å²) in [5, 5.41) is 16.9. The van der Waals surface area contributed by atoms with Crippen LogP contribution in [0.5, 0.6) is 0 Å². The van der Waals surface area contributed by atoms with E-state index >= 15 is 0 Å². The zero-order chi connectivity index (χ0) is 50.4. The summed E-state index contributed by atoms with van der Waals surface area (Å²) in [4.78, 5) is 66.2. The SMILES string of the molecule is COC(=O)N[C@H](C(=O)N1CCC[C@H]1c1nc(-c2ccc([C@@H]3CC[C@@H](c4ccc(-c5cccc6c5CN([C@H]5CCCN5C(=O)[C@@H](NC(=O)O)C(C)(C)C)N6)cc4)N3c3ccc(F)cc3)cc2)c[nH]1)C(C)(C)C. The number of carboxylic acid groups (broad SMARTS) is 1. The average Bonchev–Trinajstić information content (AvgIpc) is 4.21. The van der Waals surface area contributed by atoms with Gasteiger partial charge in [-0.15, -0.1) is 0 Å². The Bertz CT molecular complexity index is 2750. The van der Waals surface area contributed by atoms with E-state index in [1.54, 1.807) is 0 Å². The first-order chi connectivity index (χ1) is 33.9. The van der Waals surface area contributed by atoms with Gasteiger partial charge in [0.05, 0.1) is 36.6 Å². The van der Waals surface area contributed by atoms with Gasteiger partial charge in [-0.05, 0) is 102 Å². The summed E-state index contributed by atoms with van der Waals surface area (Å²) in [5.74, 6) is 0.0358. The zero-order valence-corrected chi connectivity index (χ0v) is 41.7. The molecule has 3 saturated heterocycles. The number of rotatable bonds is 11. The van der Waals surface area contributed by atoms with Crippen molar-refractivity contribution in [2.75, 3.05) is 30.5 Å². The van der Waals surface area contributed by atoms with Gasteiger partial charge in [-0.25, -0.2) is 19.0 Å². The molecule has 0 spiro atoms. The number of imidazole rings is 1. The largest absolute Gasteiger partial charge is 0.465 e. The molecule has 0 aliphatic carbocycles. The Morgan fingerprint density at radius 2 is 1.32 bits per heavy atom. The van der Waals surface area contributed by atoms with Crippen molar-refractivity contribution in [2.45, 2.75) is 123 Å². The molecular formula is C55H66FN9O6. The van der Waals surface area contributed by atoms with Crippen LogP contribution < -0.4 is 21.0 Å². The Morgan fingerprint density at radius 3 is 1.94 bits per heavy atom. The maximum atomic E-state index is 14.4. The molecule has 4 amide bonds. The van der Waals surface area contributed by atoms with E-state index in [1.165, 1.54) is 19.2 Å². The first-order valence-electron chi connectivity index (χ1n) is 24.8.